The molecule has 0 saturated heterocycles. The van der Waals surface area contributed by atoms with Crippen LogP contribution in [0.3, 0.4) is 0 Å². The Morgan fingerprint density at radius 3 is 2.60 bits per heavy atom. The summed E-state index contributed by atoms with van der Waals surface area (Å²) in [6, 6.07) is 14.8. The van der Waals surface area contributed by atoms with Gasteiger partial charge in [0.2, 0.25) is 0 Å². The minimum absolute atomic E-state index is 0.159. The van der Waals surface area contributed by atoms with E-state index in [1.807, 2.05) is 26.0 Å². The van der Waals surface area contributed by atoms with Crippen LogP contribution >= 0.6 is 0 Å². The molecule has 25 heavy (non-hydrogen) atoms. The summed E-state index contributed by atoms with van der Waals surface area (Å²) in [7, 11) is 0. The van der Waals surface area contributed by atoms with Crippen molar-refractivity contribution in [2.24, 2.45) is 0 Å². The molecule has 130 valence electrons. The molecular weight excluding hydrogens is 312 g/mol. The van der Waals surface area contributed by atoms with Crippen molar-refractivity contribution in [2.45, 2.75) is 26.3 Å². The van der Waals surface area contributed by atoms with Gasteiger partial charge in [0.05, 0.1) is 19.3 Å². The number of rotatable bonds is 5. The Morgan fingerprint density at radius 2 is 1.80 bits per heavy atom. The van der Waals surface area contributed by atoms with E-state index >= 15 is 0 Å². The molecule has 1 atom stereocenters. The minimum atomic E-state index is 0.159. The highest BCUT2D eigenvalue weighted by molar-refractivity contribution is 5.86. The Morgan fingerprint density at radius 1 is 1.00 bits per heavy atom. The SMILES string of the molecule is CCOc1cccc(C2NCCc3c2[nH]c2ccc(OCC)cc32)c1. The van der Waals surface area contributed by atoms with Crippen LogP contribution in [-0.2, 0) is 6.42 Å². The third-order valence-electron chi connectivity index (χ3n) is 4.74. The summed E-state index contributed by atoms with van der Waals surface area (Å²) in [5.74, 6) is 1.86. The van der Waals surface area contributed by atoms with Gasteiger partial charge in [-0.15, -0.1) is 0 Å². The van der Waals surface area contributed by atoms with E-state index in [0.29, 0.717) is 13.2 Å². The molecule has 2 heterocycles. The number of aromatic amines is 1. The monoisotopic (exact) mass is 336 g/mol. The number of hydrogen-bond donors (Lipinski definition) is 2. The number of nitrogens with one attached hydrogen (secondary N) is 2. The van der Waals surface area contributed by atoms with Gasteiger partial charge in [-0.25, -0.2) is 0 Å². The van der Waals surface area contributed by atoms with Crippen LogP contribution in [0.1, 0.15) is 36.7 Å². The maximum atomic E-state index is 5.68. The predicted molar refractivity (Wildman–Crippen MR) is 101 cm³/mol. The average Bonchev–Trinajstić information content (AvgIpc) is 3.01. The second-order valence-corrected chi connectivity index (χ2v) is 6.30. The first-order valence-corrected chi connectivity index (χ1v) is 9.03. The third kappa shape index (κ3) is 2.98. The lowest BCUT2D eigenvalue weighted by Crippen LogP contribution is -2.30. The normalized spacial score (nSPS) is 16.6. The fourth-order valence-electron chi connectivity index (χ4n) is 3.70. The van der Waals surface area contributed by atoms with Crippen LogP contribution in [-0.4, -0.2) is 24.7 Å². The number of fused-ring (bicyclic) bond motifs is 3. The lowest BCUT2D eigenvalue weighted by Gasteiger charge is -2.25. The predicted octanol–water partition coefficient (Wildman–Crippen LogP) is 4.20. The van der Waals surface area contributed by atoms with Crippen molar-refractivity contribution in [2.75, 3.05) is 19.8 Å². The van der Waals surface area contributed by atoms with E-state index in [1.165, 1.54) is 27.7 Å². The zero-order valence-corrected chi connectivity index (χ0v) is 14.8. The average molecular weight is 336 g/mol. The molecule has 0 amide bonds. The molecule has 0 radical (unpaired) electrons. The van der Waals surface area contributed by atoms with Crippen LogP contribution in [0.4, 0.5) is 0 Å². The summed E-state index contributed by atoms with van der Waals surface area (Å²) in [6.07, 6.45) is 1.02. The van der Waals surface area contributed by atoms with Crippen molar-refractivity contribution >= 4 is 10.9 Å². The van der Waals surface area contributed by atoms with Crippen molar-refractivity contribution in [3.63, 3.8) is 0 Å². The molecule has 1 aliphatic heterocycles. The topological polar surface area (TPSA) is 46.3 Å². The van der Waals surface area contributed by atoms with E-state index < -0.39 is 0 Å². The summed E-state index contributed by atoms with van der Waals surface area (Å²) in [4.78, 5) is 3.63. The maximum Gasteiger partial charge on any atom is 0.120 e. The smallest absolute Gasteiger partial charge is 0.120 e. The Bertz CT molecular complexity index is 885. The molecule has 0 saturated carbocycles. The molecule has 0 fully saturated rings. The molecule has 0 aliphatic carbocycles. The summed E-state index contributed by atoms with van der Waals surface area (Å²) in [6.45, 7) is 6.35. The summed E-state index contributed by atoms with van der Waals surface area (Å²) >= 11 is 0. The molecule has 1 aliphatic rings. The van der Waals surface area contributed by atoms with Crippen LogP contribution in [0.15, 0.2) is 42.5 Å². The van der Waals surface area contributed by atoms with Gasteiger partial charge in [0, 0.05) is 23.1 Å². The van der Waals surface area contributed by atoms with E-state index in [-0.39, 0.29) is 6.04 Å². The molecule has 2 N–H and O–H groups in total. The summed E-state index contributed by atoms with van der Waals surface area (Å²) in [5.41, 5.74) is 5.04. The second-order valence-electron chi connectivity index (χ2n) is 6.30. The maximum absolute atomic E-state index is 5.68. The van der Waals surface area contributed by atoms with Gasteiger partial charge < -0.3 is 19.8 Å². The van der Waals surface area contributed by atoms with Gasteiger partial charge in [-0.1, -0.05) is 12.1 Å². The number of hydrogen-bond acceptors (Lipinski definition) is 3. The molecule has 4 nitrogen and oxygen atoms in total. The second kappa shape index (κ2) is 6.81. The molecule has 0 spiro atoms. The first-order valence-electron chi connectivity index (χ1n) is 9.03. The molecule has 1 aromatic heterocycles. The first kappa shape index (κ1) is 16.0. The Labute approximate surface area is 148 Å². The van der Waals surface area contributed by atoms with Crippen molar-refractivity contribution in [3.8, 4) is 11.5 Å². The fraction of sp³-hybridized carbons (Fsp3) is 0.333. The van der Waals surface area contributed by atoms with Gasteiger partial charge in [0.1, 0.15) is 11.5 Å². The molecule has 4 heteroatoms. The van der Waals surface area contributed by atoms with E-state index in [9.17, 15) is 0 Å². The van der Waals surface area contributed by atoms with E-state index in [0.717, 1.165) is 24.5 Å². The van der Waals surface area contributed by atoms with Gasteiger partial charge in [-0.05, 0) is 61.7 Å². The summed E-state index contributed by atoms with van der Waals surface area (Å²) in [5, 5.41) is 4.92. The molecule has 1 unspecified atom stereocenters. The Kier molecular flexibility index (Phi) is 4.36. The van der Waals surface area contributed by atoms with E-state index in [1.54, 1.807) is 0 Å². The van der Waals surface area contributed by atoms with Crippen LogP contribution in [0.5, 0.6) is 11.5 Å². The highest BCUT2D eigenvalue weighted by Crippen LogP contribution is 2.35. The number of benzene rings is 2. The van der Waals surface area contributed by atoms with E-state index in [2.05, 4.69) is 40.6 Å². The largest absolute Gasteiger partial charge is 0.494 e. The van der Waals surface area contributed by atoms with Gasteiger partial charge in [-0.3, -0.25) is 0 Å². The fourth-order valence-corrected chi connectivity index (χ4v) is 3.70. The number of H-pyrrole nitrogens is 1. The van der Waals surface area contributed by atoms with Crippen LogP contribution in [0, 0.1) is 0 Å². The number of aromatic nitrogens is 1. The number of ether oxygens (including phenoxy) is 2. The van der Waals surface area contributed by atoms with Gasteiger partial charge in [-0.2, -0.15) is 0 Å². The first-order chi connectivity index (χ1) is 12.3. The van der Waals surface area contributed by atoms with E-state index in [4.69, 9.17) is 9.47 Å². The quantitative estimate of drug-likeness (QED) is 0.734. The van der Waals surface area contributed by atoms with Crippen molar-refractivity contribution in [1.29, 1.82) is 0 Å². The highest BCUT2D eigenvalue weighted by atomic mass is 16.5. The lowest BCUT2D eigenvalue weighted by molar-refractivity contribution is 0.339. The molecule has 0 bridgehead atoms. The van der Waals surface area contributed by atoms with Gasteiger partial charge in [0.15, 0.2) is 0 Å². The minimum Gasteiger partial charge on any atom is -0.494 e. The standard InChI is InChI=1S/C21H24N2O2/c1-3-24-15-7-5-6-14(12-15)20-21-17(10-11-22-20)18-13-16(25-4-2)8-9-19(18)23-21/h5-9,12-13,20,22-23H,3-4,10-11H2,1-2H3. The molecule has 4 rings (SSSR count). The van der Waals surface area contributed by atoms with Gasteiger partial charge >= 0.3 is 0 Å². The van der Waals surface area contributed by atoms with Crippen molar-refractivity contribution < 1.29 is 9.47 Å². The van der Waals surface area contributed by atoms with Crippen LogP contribution < -0.4 is 14.8 Å². The highest BCUT2D eigenvalue weighted by Gasteiger charge is 2.25. The van der Waals surface area contributed by atoms with Crippen LogP contribution in [0.2, 0.25) is 0 Å². The van der Waals surface area contributed by atoms with Crippen molar-refractivity contribution in [3.05, 3.63) is 59.3 Å². The Hall–Kier alpha value is -2.46. The zero-order valence-electron chi connectivity index (χ0n) is 14.8. The molecule has 3 aromatic rings. The van der Waals surface area contributed by atoms with Crippen LogP contribution in [0.25, 0.3) is 10.9 Å². The Balaban J connectivity index is 1.77. The third-order valence-corrected chi connectivity index (χ3v) is 4.74. The zero-order chi connectivity index (χ0) is 17.2. The molecular formula is C21H24N2O2. The molecule has 2 aromatic carbocycles. The summed E-state index contributed by atoms with van der Waals surface area (Å²) < 4.78 is 11.4. The van der Waals surface area contributed by atoms with Gasteiger partial charge in [0.25, 0.3) is 0 Å². The lowest BCUT2D eigenvalue weighted by atomic mass is 9.94. The van der Waals surface area contributed by atoms with Crippen molar-refractivity contribution in [1.82, 2.24) is 10.3 Å².